The molecular formula is C28H33N7O4S. The lowest BCUT2D eigenvalue weighted by atomic mass is 9.87. The number of sulfonamides is 1. The second kappa shape index (κ2) is 10.6. The van der Waals surface area contributed by atoms with Gasteiger partial charge in [-0.05, 0) is 53.6 Å². The van der Waals surface area contributed by atoms with E-state index in [1.54, 1.807) is 16.8 Å². The monoisotopic (exact) mass is 563 g/mol. The Bertz CT molecular complexity index is 1690. The van der Waals surface area contributed by atoms with Crippen molar-refractivity contribution in [1.82, 2.24) is 29.3 Å². The molecule has 2 aromatic heterocycles. The lowest BCUT2D eigenvalue weighted by Gasteiger charge is -2.30. The zero-order valence-electron chi connectivity index (χ0n) is 23.0. The number of aromatic amines is 1. The summed E-state index contributed by atoms with van der Waals surface area (Å²) in [6.07, 6.45) is 1.01. The average molecular weight is 564 g/mol. The number of hydrogen-bond donors (Lipinski definition) is 2. The third-order valence-electron chi connectivity index (χ3n) is 7.20. The van der Waals surface area contributed by atoms with Crippen molar-refractivity contribution in [2.45, 2.75) is 63.3 Å². The van der Waals surface area contributed by atoms with Crippen LogP contribution < -0.4 is 10.9 Å². The maximum Gasteiger partial charge on any atom is 0.281 e. The first-order valence-electron chi connectivity index (χ1n) is 13.2. The molecule has 5 rings (SSSR count). The van der Waals surface area contributed by atoms with Gasteiger partial charge in [-0.2, -0.15) is 4.31 Å². The van der Waals surface area contributed by atoms with Crippen LogP contribution >= 0.6 is 0 Å². The Morgan fingerprint density at radius 2 is 1.70 bits per heavy atom. The van der Waals surface area contributed by atoms with E-state index >= 15 is 0 Å². The first kappa shape index (κ1) is 27.7. The standard InChI is InChI=1S/C28H33N7O4S/c1-18(36)29-22-9-11-23(12-10-22)40(38,39)34-15-13-20(14-16-34)25-30-26-24(27(37)31-25)32-33-35(26)17-19-5-7-21(8-6-19)28(2,3)4/h5-12,20H,13-17H2,1-4H3,(H,29,36)(H,30,31,37). The zero-order valence-corrected chi connectivity index (χ0v) is 23.8. The summed E-state index contributed by atoms with van der Waals surface area (Å²) < 4.78 is 29.5. The molecule has 11 nitrogen and oxygen atoms in total. The van der Waals surface area contributed by atoms with Gasteiger partial charge in [0.15, 0.2) is 11.2 Å². The summed E-state index contributed by atoms with van der Waals surface area (Å²) in [4.78, 5) is 31.8. The Morgan fingerprint density at radius 3 is 2.30 bits per heavy atom. The van der Waals surface area contributed by atoms with E-state index in [0.29, 0.717) is 49.6 Å². The number of amides is 1. The number of nitrogens with zero attached hydrogens (tertiary/aromatic N) is 5. The molecule has 12 heteroatoms. The molecule has 0 spiro atoms. The van der Waals surface area contributed by atoms with Gasteiger partial charge in [-0.15, -0.1) is 5.10 Å². The number of rotatable bonds is 6. The van der Waals surface area contributed by atoms with Crippen molar-refractivity contribution in [1.29, 1.82) is 0 Å². The Labute approximate surface area is 232 Å². The highest BCUT2D eigenvalue weighted by molar-refractivity contribution is 7.89. The van der Waals surface area contributed by atoms with Crippen LogP contribution in [0.1, 0.15) is 63.4 Å². The number of anilines is 1. The van der Waals surface area contributed by atoms with Crippen molar-refractivity contribution in [3.8, 4) is 0 Å². The number of H-pyrrole nitrogens is 1. The molecule has 0 bridgehead atoms. The lowest BCUT2D eigenvalue weighted by Crippen LogP contribution is -2.38. The summed E-state index contributed by atoms with van der Waals surface area (Å²) in [6.45, 7) is 8.89. The number of carbonyl (C=O) groups excluding carboxylic acids is 1. The molecule has 1 amide bonds. The molecular weight excluding hydrogens is 530 g/mol. The smallest absolute Gasteiger partial charge is 0.281 e. The van der Waals surface area contributed by atoms with Crippen LogP contribution in [0.2, 0.25) is 0 Å². The van der Waals surface area contributed by atoms with Crippen LogP contribution in [-0.4, -0.2) is 56.7 Å². The Morgan fingerprint density at radius 1 is 1.05 bits per heavy atom. The van der Waals surface area contributed by atoms with Crippen LogP contribution in [0.5, 0.6) is 0 Å². The van der Waals surface area contributed by atoms with Gasteiger partial charge in [0.25, 0.3) is 5.56 Å². The van der Waals surface area contributed by atoms with Crippen LogP contribution in [0, 0.1) is 0 Å². The van der Waals surface area contributed by atoms with E-state index in [-0.39, 0.29) is 33.2 Å². The quantitative estimate of drug-likeness (QED) is 0.366. The predicted octanol–water partition coefficient (Wildman–Crippen LogP) is 3.39. The van der Waals surface area contributed by atoms with E-state index < -0.39 is 10.0 Å². The van der Waals surface area contributed by atoms with Gasteiger partial charge in [-0.25, -0.2) is 18.1 Å². The predicted molar refractivity (Wildman–Crippen MR) is 152 cm³/mol. The number of aromatic nitrogens is 5. The molecule has 40 heavy (non-hydrogen) atoms. The highest BCUT2D eigenvalue weighted by Crippen LogP contribution is 2.29. The molecule has 0 saturated carbocycles. The molecule has 1 aliphatic rings. The molecule has 2 aromatic carbocycles. The number of hydrogen-bond acceptors (Lipinski definition) is 7. The normalized spacial score (nSPS) is 15.4. The first-order chi connectivity index (χ1) is 18.9. The fraction of sp³-hybridized carbons (Fsp3) is 0.393. The van der Waals surface area contributed by atoms with Gasteiger partial charge in [0, 0.05) is 31.6 Å². The van der Waals surface area contributed by atoms with Crippen molar-refractivity contribution in [2.75, 3.05) is 18.4 Å². The summed E-state index contributed by atoms with van der Waals surface area (Å²) in [5.74, 6) is 0.178. The van der Waals surface area contributed by atoms with Crippen molar-refractivity contribution >= 4 is 32.8 Å². The van der Waals surface area contributed by atoms with E-state index in [1.165, 1.54) is 28.9 Å². The van der Waals surface area contributed by atoms with Crippen molar-refractivity contribution in [2.24, 2.45) is 0 Å². The van der Waals surface area contributed by atoms with E-state index in [1.807, 2.05) is 12.1 Å². The molecule has 210 valence electrons. The summed E-state index contributed by atoms with van der Waals surface area (Å²) in [5, 5.41) is 10.9. The molecule has 0 radical (unpaired) electrons. The summed E-state index contributed by atoms with van der Waals surface area (Å²) >= 11 is 0. The molecule has 1 saturated heterocycles. The number of fused-ring (bicyclic) bond motifs is 1. The molecule has 4 aromatic rings. The topological polar surface area (TPSA) is 143 Å². The summed E-state index contributed by atoms with van der Waals surface area (Å²) in [6, 6.07) is 14.4. The van der Waals surface area contributed by atoms with Crippen LogP contribution in [0.15, 0.2) is 58.2 Å². The largest absolute Gasteiger partial charge is 0.326 e. The third kappa shape index (κ3) is 5.68. The molecule has 0 aliphatic carbocycles. The molecule has 3 heterocycles. The van der Waals surface area contributed by atoms with Gasteiger partial charge in [-0.1, -0.05) is 50.3 Å². The minimum Gasteiger partial charge on any atom is -0.326 e. The molecule has 1 fully saturated rings. The van der Waals surface area contributed by atoms with E-state index in [4.69, 9.17) is 4.98 Å². The molecule has 0 unspecified atom stereocenters. The third-order valence-corrected chi connectivity index (χ3v) is 9.11. The second-order valence-electron chi connectivity index (χ2n) is 11.2. The van der Waals surface area contributed by atoms with Crippen LogP contribution in [0.3, 0.4) is 0 Å². The Kier molecular flexibility index (Phi) is 7.32. The minimum atomic E-state index is -3.70. The van der Waals surface area contributed by atoms with E-state index in [0.717, 1.165) is 5.56 Å². The van der Waals surface area contributed by atoms with Crippen molar-refractivity contribution in [3.63, 3.8) is 0 Å². The fourth-order valence-electron chi connectivity index (χ4n) is 4.90. The number of benzene rings is 2. The number of piperidine rings is 1. The van der Waals surface area contributed by atoms with E-state index in [9.17, 15) is 18.0 Å². The number of carbonyl (C=O) groups is 1. The maximum atomic E-state index is 13.2. The highest BCUT2D eigenvalue weighted by atomic mass is 32.2. The highest BCUT2D eigenvalue weighted by Gasteiger charge is 2.31. The van der Waals surface area contributed by atoms with Gasteiger partial charge >= 0.3 is 0 Å². The van der Waals surface area contributed by atoms with Gasteiger partial charge < -0.3 is 10.3 Å². The maximum absolute atomic E-state index is 13.2. The lowest BCUT2D eigenvalue weighted by molar-refractivity contribution is -0.114. The van der Waals surface area contributed by atoms with Gasteiger partial charge in [0.05, 0.1) is 11.4 Å². The Balaban J connectivity index is 1.31. The molecule has 2 N–H and O–H groups in total. The van der Waals surface area contributed by atoms with Crippen molar-refractivity contribution < 1.29 is 13.2 Å². The summed E-state index contributed by atoms with van der Waals surface area (Å²) in [5.41, 5.74) is 3.06. The van der Waals surface area contributed by atoms with Crippen molar-refractivity contribution in [3.05, 3.63) is 75.8 Å². The first-order valence-corrected chi connectivity index (χ1v) is 14.7. The van der Waals surface area contributed by atoms with Gasteiger partial charge in [0.2, 0.25) is 15.9 Å². The minimum absolute atomic E-state index is 0.0511. The Hall–Kier alpha value is -3.90. The van der Waals surface area contributed by atoms with Crippen LogP contribution in [0.4, 0.5) is 5.69 Å². The molecule has 1 aliphatic heterocycles. The van der Waals surface area contributed by atoms with Crippen LogP contribution in [-0.2, 0) is 26.8 Å². The number of nitrogens with one attached hydrogen (secondary N) is 2. The fourth-order valence-corrected chi connectivity index (χ4v) is 6.37. The summed E-state index contributed by atoms with van der Waals surface area (Å²) in [7, 11) is -3.70. The van der Waals surface area contributed by atoms with Gasteiger partial charge in [0.1, 0.15) is 5.82 Å². The second-order valence-corrected chi connectivity index (χ2v) is 13.1. The molecule has 0 atom stereocenters. The SMILES string of the molecule is CC(=O)Nc1ccc(S(=O)(=O)N2CCC(c3nc4c(nnn4Cc4ccc(C(C)(C)C)cc4)c(=O)[nH]3)CC2)cc1. The average Bonchev–Trinajstić information content (AvgIpc) is 3.31. The zero-order chi connectivity index (χ0) is 28.7. The van der Waals surface area contributed by atoms with Crippen LogP contribution in [0.25, 0.3) is 11.2 Å². The van der Waals surface area contributed by atoms with E-state index in [2.05, 4.69) is 53.5 Å². The van der Waals surface area contributed by atoms with Gasteiger partial charge in [-0.3, -0.25) is 9.59 Å².